The number of para-hydroxylation sites is 2. The van der Waals surface area contributed by atoms with Gasteiger partial charge in [-0.05, 0) is 37.1 Å². The quantitative estimate of drug-likeness (QED) is 0.290. The van der Waals surface area contributed by atoms with E-state index < -0.39 is 0 Å². The number of H-pyrrole nitrogens is 2. The van der Waals surface area contributed by atoms with Crippen LogP contribution in [-0.2, 0) is 6.42 Å². The smallest absolute Gasteiger partial charge is 0.283 e. The Bertz CT molecular complexity index is 1700. The van der Waals surface area contributed by atoms with Crippen LogP contribution in [0.1, 0.15) is 18.1 Å². The first-order valence-corrected chi connectivity index (χ1v) is 12.3. The van der Waals surface area contributed by atoms with Gasteiger partial charge in [0.05, 0.1) is 21.5 Å². The number of hydrogen-bond donors (Lipinski definition) is 2. The monoisotopic (exact) mass is 477 g/mol. The zero-order valence-corrected chi connectivity index (χ0v) is 20.0. The molecule has 0 radical (unpaired) electrons. The number of benzene rings is 3. The molecule has 0 saturated carbocycles. The molecule has 0 aliphatic rings. The Labute approximate surface area is 205 Å². The summed E-state index contributed by atoms with van der Waals surface area (Å²) in [6.07, 6.45) is 2.83. The summed E-state index contributed by atoms with van der Waals surface area (Å²) >= 11 is 1.49. The van der Waals surface area contributed by atoms with E-state index in [1.54, 1.807) is 4.68 Å². The molecule has 0 aliphatic heterocycles. The SMILES string of the molecule is CC(=NCCc1c[nH]c2ccccc12)c1c(-c2ccccc2)[nH]n(-c2nc3ccccc3s2)c1=O. The van der Waals surface area contributed by atoms with Crippen molar-refractivity contribution < 1.29 is 0 Å². The molecular formula is C28H23N5OS. The zero-order valence-electron chi connectivity index (χ0n) is 19.2. The molecule has 172 valence electrons. The van der Waals surface area contributed by atoms with Gasteiger partial charge in [0.1, 0.15) is 0 Å². The molecule has 6 rings (SSSR count). The lowest BCUT2D eigenvalue weighted by atomic mass is 10.1. The molecule has 6 aromatic rings. The number of hydrogen-bond acceptors (Lipinski definition) is 4. The first-order valence-electron chi connectivity index (χ1n) is 11.5. The van der Waals surface area contributed by atoms with Crippen LogP contribution in [0, 0.1) is 0 Å². The van der Waals surface area contributed by atoms with E-state index in [2.05, 4.69) is 27.2 Å². The lowest BCUT2D eigenvalue weighted by Gasteiger charge is -2.03. The van der Waals surface area contributed by atoms with Crippen molar-refractivity contribution in [2.75, 3.05) is 6.54 Å². The van der Waals surface area contributed by atoms with Crippen LogP contribution in [0.5, 0.6) is 0 Å². The molecule has 2 N–H and O–H groups in total. The molecule has 35 heavy (non-hydrogen) atoms. The molecule has 0 bridgehead atoms. The Kier molecular flexibility index (Phi) is 5.39. The van der Waals surface area contributed by atoms with Crippen molar-refractivity contribution in [1.82, 2.24) is 19.7 Å². The molecule has 6 nitrogen and oxygen atoms in total. The first kappa shape index (κ1) is 21.3. The minimum atomic E-state index is -0.142. The summed E-state index contributed by atoms with van der Waals surface area (Å²) in [5, 5.41) is 5.15. The van der Waals surface area contributed by atoms with Gasteiger partial charge in [0, 0.05) is 34.9 Å². The van der Waals surface area contributed by atoms with Gasteiger partial charge < -0.3 is 4.98 Å². The maximum Gasteiger partial charge on any atom is 0.283 e. The normalized spacial score (nSPS) is 12.1. The van der Waals surface area contributed by atoms with E-state index in [0.29, 0.717) is 23.0 Å². The van der Waals surface area contributed by atoms with Crippen molar-refractivity contribution in [2.24, 2.45) is 4.99 Å². The summed E-state index contributed by atoms with van der Waals surface area (Å²) in [4.78, 5) is 26.5. The standard InChI is InChI=1S/C28H23N5OS/c1-18(29-16-15-20-17-30-22-12-6-5-11-21(20)22)25-26(19-9-3-2-4-10-19)32-33(27(25)34)28-31-23-13-7-8-14-24(23)35-28/h2-14,17,30,32H,15-16H2,1H3. The average Bonchev–Trinajstić information content (AvgIpc) is 3.59. The maximum atomic E-state index is 13.7. The molecule has 0 spiro atoms. The summed E-state index contributed by atoms with van der Waals surface area (Å²) in [6, 6.07) is 26.1. The highest BCUT2D eigenvalue weighted by atomic mass is 32.1. The molecule has 3 aromatic carbocycles. The van der Waals surface area contributed by atoms with Gasteiger partial charge in [0.15, 0.2) is 0 Å². The summed E-state index contributed by atoms with van der Waals surface area (Å²) in [5.41, 5.74) is 6.06. The number of nitrogens with one attached hydrogen (secondary N) is 2. The number of nitrogens with zero attached hydrogens (tertiary/aromatic N) is 3. The van der Waals surface area contributed by atoms with Crippen molar-refractivity contribution in [1.29, 1.82) is 0 Å². The van der Waals surface area contributed by atoms with Crippen molar-refractivity contribution in [3.8, 4) is 16.4 Å². The third-order valence-electron chi connectivity index (χ3n) is 6.19. The molecule has 3 aromatic heterocycles. The summed E-state index contributed by atoms with van der Waals surface area (Å²) in [7, 11) is 0. The van der Waals surface area contributed by atoms with Crippen LogP contribution in [0.15, 0.2) is 94.8 Å². The largest absolute Gasteiger partial charge is 0.361 e. The average molecular weight is 478 g/mol. The molecule has 0 atom stereocenters. The highest BCUT2D eigenvalue weighted by Crippen LogP contribution is 2.26. The summed E-state index contributed by atoms with van der Waals surface area (Å²) in [5.74, 6) is 0. The molecule has 0 unspecified atom stereocenters. The summed E-state index contributed by atoms with van der Waals surface area (Å²) < 4.78 is 2.58. The second-order valence-electron chi connectivity index (χ2n) is 8.41. The van der Waals surface area contributed by atoms with E-state index in [1.165, 1.54) is 22.3 Å². The van der Waals surface area contributed by atoms with Crippen LogP contribution in [0.4, 0.5) is 0 Å². The van der Waals surface area contributed by atoms with E-state index in [4.69, 9.17) is 4.99 Å². The molecule has 0 aliphatic carbocycles. The fourth-order valence-corrected chi connectivity index (χ4v) is 5.36. The van der Waals surface area contributed by atoms with E-state index in [1.807, 2.05) is 79.9 Å². The predicted molar refractivity (Wildman–Crippen MR) is 144 cm³/mol. The maximum absolute atomic E-state index is 13.7. The fourth-order valence-electron chi connectivity index (χ4n) is 4.44. The van der Waals surface area contributed by atoms with Crippen molar-refractivity contribution in [3.05, 3.63) is 107 Å². The zero-order chi connectivity index (χ0) is 23.8. The highest BCUT2D eigenvalue weighted by molar-refractivity contribution is 7.20. The Morgan fingerprint density at radius 3 is 2.63 bits per heavy atom. The number of aromatic amines is 2. The van der Waals surface area contributed by atoms with Gasteiger partial charge in [-0.2, -0.15) is 4.68 Å². The molecular weight excluding hydrogens is 454 g/mol. The minimum absolute atomic E-state index is 0.142. The molecule has 0 saturated heterocycles. The minimum Gasteiger partial charge on any atom is -0.361 e. The second kappa shape index (κ2) is 8.85. The van der Waals surface area contributed by atoms with Crippen LogP contribution in [0.2, 0.25) is 0 Å². The van der Waals surface area contributed by atoms with Crippen LogP contribution in [-0.4, -0.2) is 32.0 Å². The summed E-state index contributed by atoms with van der Waals surface area (Å²) in [6.45, 7) is 2.50. The Hall–Kier alpha value is -4.23. The van der Waals surface area contributed by atoms with Gasteiger partial charge in [-0.1, -0.05) is 72.0 Å². The molecule has 0 amide bonds. The molecule has 3 heterocycles. The van der Waals surface area contributed by atoms with Crippen molar-refractivity contribution >= 4 is 38.2 Å². The first-order chi connectivity index (χ1) is 17.2. The number of thiazole rings is 1. The van der Waals surface area contributed by atoms with Crippen molar-refractivity contribution in [3.63, 3.8) is 0 Å². The van der Waals surface area contributed by atoms with E-state index in [9.17, 15) is 4.79 Å². The Balaban J connectivity index is 1.39. The topological polar surface area (TPSA) is 78.8 Å². The van der Waals surface area contributed by atoms with Crippen molar-refractivity contribution in [2.45, 2.75) is 13.3 Å². The number of rotatable bonds is 6. The lowest BCUT2D eigenvalue weighted by molar-refractivity contribution is 0.845. The Morgan fingerprint density at radius 2 is 1.77 bits per heavy atom. The van der Waals surface area contributed by atoms with Gasteiger partial charge in [0.2, 0.25) is 5.13 Å². The predicted octanol–water partition coefficient (Wildman–Crippen LogP) is 5.98. The van der Waals surface area contributed by atoms with Crippen LogP contribution in [0.3, 0.4) is 0 Å². The van der Waals surface area contributed by atoms with E-state index >= 15 is 0 Å². The fraction of sp³-hybridized carbons (Fsp3) is 0.107. The second-order valence-corrected chi connectivity index (χ2v) is 9.42. The number of aliphatic imine (C=N–C) groups is 1. The third kappa shape index (κ3) is 3.90. The lowest BCUT2D eigenvalue weighted by Crippen LogP contribution is -2.19. The number of fused-ring (bicyclic) bond motifs is 2. The third-order valence-corrected chi connectivity index (χ3v) is 7.22. The Morgan fingerprint density at radius 1 is 1.00 bits per heavy atom. The van der Waals surface area contributed by atoms with Gasteiger partial charge in [-0.3, -0.25) is 14.9 Å². The molecule has 7 heteroatoms. The number of aromatic nitrogens is 4. The van der Waals surface area contributed by atoms with Gasteiger partial charge in [-0.25, -0.2) is 4.98 Å². The van der Waals surface area contributed by atoms with Gasteiger partial charge >= 0.3 is 0 Å². The van der Waals surface area contributed by atoms with Gasteiger partial charge in [-0.15, -0.1) is 0 Å². The van der Waals surface area contributed by atoms with Crippen LogP contribution < -0.4 is 5.56 Å². The van der Waals surface area contributed by atoms with Crippen LogP contribution >= 0.6 is 11.3 Å². The van der Waals surface area contributed by atoms with E-state index in [0.717, 1.165) is 33.4 Å². The highest BCUT2D eigenvalue weighted by Gasteiger charge is 2.20. The van der Waals surface area contributed by atoms with Gasteiger partial charge in [0.25, 0.3) is 5.56 Å². The molecule has 0 fully saturated rings. The van der Waals surface area contributed by atoms with Crippen LogP contribution in [0.25, 0.3) is 37.5 Å². The van der Waals surface area contributed by atoms with E-state index in [-0.39, 0.29) is 5.56 Å².